The van der Waals surface area contributed by atoms with Crippen molar-refractivity contribution in [1.29, 1.82) is 0 Å². The van der Waals surface area contributed by atoms with Crippen molar-refractivity contribution in [3.8, 4) is 0 Å². The van der Waals surface area contributed by atoms with E-state index in [1.54, 1.807) is 6.20 Å². The molecular formula is C9H11NO2. The Morgan fingerprint density at radius 3 is 2.67 bits per heavy atom. The van der Waals surface area contributed by atoms with Gasteiger partial charge in [-0.3, -0.25) is 9.59 Å². The summed E-state index contributed by atoms with van der Waals surface area (Å²) in [7, 11) is 0. The van der Waals surface area contributed by atoms with Crippen LogP contribution in [0.4, 0.5) is 0 Å². The van der Waals surface area contributed by atoms with Gasteiger partial charge in [0.15, 0.2) is 11.2 Å². The highest BCUT2D eigenvalue weighted by Crippen LogP contribution is 2.00. The molecule has 1 heterocycles. The molecule has 0 fully saturated rings. The third-order valence-corrected chi connectivity index (χ3v) is 1.75. The molecule has 0 saturated heterocycles. The van der Waals surface area contributed by atoms with Crippen LogP contribution < -0.4 is 5.43 Å². The maximum Gasteiger partial charge on any atom is 0.192 e. The molecule has 1 rings (SSSR count). The van der Waals surface area contributed by atoms with E-state index >= 15 is 0 Å². The SMILES string of the molecule is CCc1[nH]ccc(=O)c1C(C)=O. The van der Waals surface area contributed by atoms with E-state index in [9.17, 15) is 9.59 Å². The highest BCUT2D eigenvalue weighted by molar-refractivity contribution is 5.94. The monoisotopic (exact) mass is 165 g/mol. The molecule has 0 bridgehead atoms. The molecule has 0 atom stereocenters. The summed E-state index contributed by atoms with van der Waals surface area (Å²) in [5.74, 6) is -0.172. The van der Waals surface area contributed by atoms with E-state index in [2.05, 4.69) is 4.98 Å². The van der Waals surface area contributed by atoms with Crippen molar-refractivity contribution in [2.24, 2.45) is 0 Å². The first kappa shape index (κ1) is 8.71. The average Bonchev–Trinajstić information content (AvgIpc) is 2.03. The van der Waals surface area contributed by atoms with E-state index in [1.807, 2.05) is 6.92 Å². The number of ketones is 1. The maximum atomic E-state index is 11.2. The summed E-state index contributed by atoms with van der Waals surface area (Å²) >= 11 is 0. The average molecular weight is 165 g/mol. The predicted molar refractivity (Wildman–Crippen MR) is 46.4 cm³/mol. The fourth-order valence-corrected chi connectivity index (χ4v) is 1.19. The minimum atomic E-state index is -0.196. The molecule has 1 aromatic rings. The minimum absolute atomic E-state index is 0.172. The van der Waals surface area contributed by atoms with E-state index in [-0.39, 0.29) is 11.2 Å². The number of H-pyrrole nitrogens is 1. The van der Waals surface area contributed by atoms with Crippen LogP contribution in [0.15, 0.2) is 17.1 Å². The molecule has 0 radical (unpaired) electrons. The molecule has 0 unspecified atom stereocenters. The zero-order chi connectivity index (χ0) is 9.14. The van der Waals surface area contributed by atoms with E-state index in [4.69, 9.17) is 0 Å². The molecule has 64 valence electrons. The molecule has 1 aromatic heterocycles. The van der Waals surface area contributed by atoms with Crippen LogP contribution in [-0.2, 0) is 6.42 Å². The number of aromatic amines is 1. The van der Waals surface area contributed by atoms with Crippen LogP contribution in [0, 0.1) is 0 Å². The number of nitrogens with one attached hydrogen (secondary N) is 1. The van der Waals surface area contributed by atoms with Crippen molar-refractivity contribution < 1.29 is 4.79 Å². The van der Waals surface area contributed by atoms with Crippen molar-refractivity contribution in [3.05, 3.63) is 33.7 Å². The zero-order valence-electron chi connectivity index (χ0n) is 7.18. The first-order valence-electron chi connectivity index (χ1n) is 3.88. The second-order valence-electron chi connectivity index (χ2n) is 2.61. The molecule has 0 saturated carbocycles. The smallest absolute Gasteiger partial charge is 0.192 e. The molecule has 0 amide bonds. The quantitative estimate of drug-likeness (QED) is 0.668. The molecule has 0 spiro atoms. The normalized spacial score (nSPS) is 9.83. The molecule has 0 aliphatic carbocycles. The van der Waals surface area contributed by atoms with Gasteiger partial charge in [0.2, 0.25) is 0 Å². The number of hydrogen-bond acceptors (Lipinski definition) is 2. The van der Waals surface area contributed by atoms with Crippen molar-refractivity contribution in [1.82, 2.24) is 4.98 Å². The van der Waals surface area contributed by atoms with Crippen molar-refractivity contribution in [2.75, 3.05) is 0 Å². The number of carbonyl (C=O) groups excluding carboxylic acids is 1. The topological polar surface area (TPSA) is 49.9 Å². The molecule has 3 nitrogen and oxygen atoms in total. The molecule has 1 N–H and O–H groups in total. The Bertz CT molecular complexity index is 352. The number of carbonyl (C=O) groups is 1. The first-order valence-corrected chi connectivity index (χ1v) is 3.88. The summed E-state index contributed by atoms with van der Waals surface area (Å²) in [6, 6.07) is 1.37. The lowest BCUT2D eigenvalue weighted by molar-refractivity contribution is 0.101. The Balaban J connectivity index is 3.40. The third-order valence-electron chi connectivity index (χ3n) is 1.75. The molecule has 3 heteroatoms. The van der Waals surface area contributed by atoms with Crippen LogP contribution in [0.3, 0.4) is 0 Å². The Morgan fingerprint density at radius 1 is 1.58 bits per heavy atom. The first-order chi connectivity index (χ1) is 5.66. The summed E-state index contributed by atoms with van der Waals surface area (Å²) < 4.78 is 0. The second-order valence-corrected chi connectivity index (χ2v) is 2.61. The van der Waals surface area contributed by atoms with Crippen LogP contribution >= 0.6 is 0 Å². The fourth-order valence-electron chi connectivity index (χ4n) is 1.19. The Kier molecular flexibility index (Phi) is 2.43. The van der Waals surface area contributed by atoms with Gasteiger partial charge in [-0.25, -0.2) is 0 Å². The Hall–Kier alpha value is -1.38. The van der Waals surface area contributed by atoms with Gasteiger partial charge in [0.25, 0.3) is 0 Å². The van der Waals surface area contributed by atoms with Gasteiger partial charge in [-0.2, -0.15) is 0 Å². The summed E-state index contributed by atoms with van der Waals surface area (Å²) in [6.45, 7) is 3.31. The molecular weight excluding hydrogens is 154 g/mol. The summed E-state index contributed by atoms with van der Waals surface area (Å²) in [5.41, 5.74) is 0.813. The van der Waals surface area contributed by atoms with Crippen LogP contribution in [0.5, 0.6) is 0 Å². The lowest BCUT2D eigenvalue weighted by Gasteiger charge is -2.01. The Labute approximate surface area is 70.4 Å². The van der Waals surface area contributed by atoms with E-state index in [0.29, 0.717) is 12.0 Å². The van der Waals surface area contributed by atoms with E-state index in [1.165, 1.54) is 13.0 Å². The standard InChI is InChI=1S/C9H11NO2/c1-3-7-9(6(2)11)8(12)4-5-10-7/h4-5H,3H2,1-2H3,(H,10,12). The number of rotatable bonds is 2. The van der Waals surface area contributed by atoms with Crippen molar-refractivity contribution >= 4 is 5.78 Å². The third kappa shape index (κ3) is 1.44. The summed E-state index contributed by atoms with van der Waals surface area (Å²) in [5, 5.41) is 0. The predicted octanol–water partition coefficient (Wildman–Crippen LogP) is 1.14. The van der Waals surface area contributed by atoms with Crippen LogP contribution in [0.1, 0.15) is 29.9 Å². The van der Waals surface area contributed by atoms with Gasteiger partial charge in [0.1, 0.15) is 0 Å². The largest absolute Gasteiger partial charge is 0.364 e. The lowest BCUT2D eigenvalue weighted by atomic mass is 10.1. The second kappa shape index (κ2) is 3.34. The Morgan fingerprint density at radius 2 is 2.25 bits per heavy atom. The number of hydrogen-bond donors (Lipinski definition) is 1. The van der Waals surface area contributed by atoms with Gasteiger partial charge >= 0.3 is 0 Å². The molecule has 0 aromatic carbocycles. The van der Waals surface area contributed by atoms with Gasteiger partial charge in [0.05, 0.1) is 5.56 Å². The van der Waals surface area contributed by atoms with Gasteiger partial charge in [0, 0.05) is 18.0 Å². The molecule has 0 aliphatic rings. The highest BCUT2D eigenvalue weighted by atomic mass is 16.1. The van der Waals surface area contributed by atoms with Crippen LogP contribution in [0.2, 0.25) is 0 Å². The number of Topliss-reactive ketones (excluding diaryl/α,β-unsaturated/α-hetero) is 1. The number of pyridine rings is 1. The highest BCUT2D eigenvalue weighted by Gasteiger charge is 2.08. The summed E-state index contributed by atoms with van der Waals surface area (Å²) in [6.07, 6.45) is 2.23. The summed E-state index contributed by atoms with van der Waals surface area (Å²) in [4.78, 5) is 25.1. The van der Waals surface area contributed by atoms with E-state index in [0.717, 1.165) is 5.69 Å². The fraction of sp³-hybridized carbons (Fsp3) is 0.333. The van der Waals surface area contributed by atoms with Gasteiger partial charge in [-0.15, -0.1) is 0 Å². The maximum absolute atomic E-state index is 11.2. The van der Waals surface area contributed by atoms with Gasteiger partial charge < -0.3 is 4.98 Å². The van der Waals surface area contributed by atoms with Gasteiger partial charge in [-0.1, -0.05) is 6.92 Å². The van der Waals surface area contributed by atoms with E-state index < -0.39 is 0 Å². The molecule has 12 heavy (non-hydrogen) atoms. The van der Waals surface area contributed by atoms with Crippen LogP contribution in [-0.4, -0.2) is 10.8 Å². The van der Waals surface area contributed by atoms with Gasteiger partial charge in [-0.05, 0) is 13.3 Å². The number of aryl methyl sites for hydroxylation is 1. The van der Waals surface area contributed by atoms with Crippen LogP contribution in [0.25, 0.3) is 0 Å². The number of aromatic nitrogens is 1. The van der Waals surface area contributed by atoms with Crippen molar-refractivity contribution in [3.63, 3.8) is 0 Å². The van der Waals surface area contributed by atoms with Crippen molar-refractivity contribution in [2.45, 2.75) is 20.3 Å². The minimum Gasteiger partial charge on any atom is -0.364 e. The lowest BCUT2D eigenvalue weighted by Crippen LogP contribution is -2.15. The zero-order valence-corrected chi connectivity index (χ0v) is 7.18. The molecule has 0 aliphatic heterocycles.